The van der Waals surface area contributed by atoms with E-state index in [-0.39, 0.29) is 17.8 Å². The third kappa shape index (κ3) is 4.03. The molecule has 1 heterocycles. The Hall–Kier alpha value is -3.61. The zero-order chi connectivity index (χ0) is 20.1. The van der Waals surface area contributed by atoms with Gasteiger partial charge < -0.3 is 19.8 Å². The van der Waals surface area contributed by atoms with Gasteiger partial charge in [-0.25, -0.2) is 4.79 Å². The van der Waals surface area contributed by atoms with Crippen LogP contribution in [0.3, 0.4) is 0 Å². The van der Waals surface area contributed by atoms with E-state index in [0.717, 1.165) is 6.07 Å². The second-order valence-corrected chi connectivity index (χ2v) is 5.94. The molecule has 7 heteroatoms. The third-order valence-corrected chi connectivity index (χ3v) is 4.00. The summed E-state index contributed by atoms with van der Waals surface area (Å²) < 4.78 is 10.6. The lowest BCUT2D eigenvalue weighted by Crippen LogP contribution is -2.17. The first-order valence-corrected chi connectivity index (χ1v) is 8.92. The van der Waals surface area contributed by atoms with E-state index >= 15 is 0 Å². The van der Waals surface area contributed by atoms with E-state index in [4.69, 9.17) is 9.15 Å². The summed E-state index contributed by atoms with van der Waals surface area (Å²) in [6, 6.07) is 12.7. The van der Waals surface area contributed by atoms with Crippen LogP contribution in [0.25, 0.3) is 11.0 Å². The highest BCUT2D eigenvalue weighted by molar-refractivity contribution is 6.05. The summed E-state index contributed by atoms with van der Waals surface area (Å²) in [5, 5.41) is 6.21. The normalized spacial score (nSPS) is 10.5. The zero-order valence-electron chi connectivity index (χ0n) is 15.6. The smallest absolute Gasteiger partial charge is 0.338 e. The van der Waals surface area contributed by atoms with Crippen LogP contribution in [0.4, 0.5) is 11.4 Å². The van der Waals surface area contributed by atoms with Crippen molar-refractivity contribution in [2.45, 2.75) is 13.8 Å². The largest absolute Gasteiger partial charge is 0.462 e. The fraction of sp³-hybridized carbons (Fsp3) is 0.190. The molecule has 0 aliphatic rings. The van der Waals surface area contributed by atoms with Gasteiger partial charge in [-0.3, -0.25) is 9.59 Å². The predicted molar refractivity (Wildman–Crippen MR) is 107 cm³/mol. The molecule has 1 aromatic heterocycles. The predicted octanol–water partition coefficient (Wildman–Crippen LogP) is 3.65. The Kier molecular flexibility index (Phi) is 5.74. The van der Waals surface area contributed by atoms with E-state index in [1.165, 1.54) is 6.07 Å². The van der Waals surface area contributed by atoms with Crippen LogP contribution in [0.15, 0.2) is 57.7 Å². The van der Waals surface area contributed by atoms with Gasteiger partial charge in [0.1, 0.15) is 5.58 Å². The van der Waals surface area contributed by atoms with Gasteiger partial charge in [0, 0.05) is 12.6 Å². The molecule has 0 saturated heterocycles. The standard InChI is InChI=1S/C21H20N2O5/c1-3-22-15-10-9-13(21(26)27-4-2)11-16(15)23-20(25)19-12-17(24)14-7-5-6-8-18(14)28-19/h5-12,22H,3-4H2,1-2H3,(H,23,25). The minimum absolute atomic E-state index is 0.118. The molecule has 0 spiro atoms. The number of para-hydroxylation sites is 1. The van der Waals surface area contributed by atoms with Crippen molar-refractivity contribution in [3.8, 4) is 0 Å². The summed E-state index contributed by atoms with van der Waals surface area (Å²) >= 11 is 0. The Morgan fingerprint density at radius 1 is 1.04 bits per heavy atom. The molecule has 0 fully saturated rings. The van der Waals surface area contributed by atoms with Crippen LogP contribution in [0.5, 0.6) is 0 Å². The van der Waals surface area contributed by atoms with Crippen LogP contribution < -0.4 is 16.1 Å². The highest BCUT2D eigenvalue weighted by Crippen LogP contribution is 2.25. The van der Waals surface area contributed by atoms with Gasteiger partial charge in [-0.15, -0.1) is 0 Å². The van der Waals surface area contributed by atoms with Crippen molar-refractivity contribution in [2.75, 3.05) is 23.8 Å². The molecule has 0 aliphatic heterocycles. The topological polar surface area (TPSA) is 97.6 Å². The number of ether oxygens (including phenoxy) is 1. The van der Waals surface area contributed by atoms with Crippen molar-refractivity contribution in [3.05, 3.63) is 70.1 Å². The molecule has 0 unspecified atom stereocenters. The number of hydrogen-bond acceptors (Lipinski definition) is 6. The van der Waals surface area contributed by atoms with E-state index in [1.54, 1.807) is 43.3 Å². The van der Waals surface area contributed by atoms with Gasteiger partial charge in [-0.1, -0.05) is 12.1 Å². The zero-order valence-corrected chi connectivity index (χ0v) is 15.6. The fourth-order valence-electron chi connectivity index (χ4n) is 2.73. The SMILES string of the molecule is CCNc1ccc(C(=O)OCC)cc1NC(=O)c1cc(=O)c2ccccc2o1. The Labute approximate surface area is 161 Å². The molecule has 0 radical (unpaired) electrons. The molecule has 1 amide bonds. The third-order valence-electron chi connectivity index (χ3n) is 4.00. The monoisotopic (exact) mass is 380 g/mol. The maximum absolute atomic E-state index is 12.7. The molecule has 2 N–H and O–H groups in total. The van der Waals surface area contributed by atoms with Crippen LogP contribution >= 0.6 is 0 Å². The summed E-state index contributed by atoms with van der Waals surface area (Å²) in [5.41, 5.74) is 1.34. The molecule has 2 aromatic carbocycles. The highest BCUT2D eigenvalue weighted by atomic mass is 16.5. The number of carbonyl (C=O) groups excluding carboxylic acids is 2. The van der Waals surface area contributed by atoms with Crippen LogP contribution in [0.2, 0.25) is 0 Å². The lowest BCUT2D eigenvalue weighted by Gasteiger charge is -2.13. The van der Waals surface area contributed by atoms with Crippen molar-refractivity contribution >= 4 is 34.2 Å². The average molecular weight is 380 g/mol. The van der Waals surface area contributed by atoms with Gasteiger partial charge in [-0.05, 0) is 44.2 Å². The van der Waals surface area contributed by atoms with Gasteiger partial charge in [0.05, 0.1) is 28.9 Å². The lowest BCUT2D eigenvalue weighted by atomic mass is 10.1. The van der Waals surface area contributed by atoms with Crippen molar-refractivity contribution < 1.29 is 18.7 Å². The Morgan fingerprint density at radius 3 is 2.57 bits per heavy atom. The second kappa shape index (κ2) is 8.39. The van der Waals surface area contributed by atoms with Crippen LogP contribution in [0, 0.1) is 0 Å². The molecule has 0 atom stereocenters. The summed E-state index contributed by atoms with van der Waals surface area (Å²) in [5.74, 6) is -1.20. The van der Waals surface area contributed by atoms with Crippen molar-refractivity contribution in [3.63, 3.8) is 0 Å². The molecule has 0 bridgehead atoms. The van der Waals surface area contributed by atoms with Crippen LogP contribution in [0.1, 0.15) is 34.8 Å². The number of fused-ring (bicyclic) bond motifs is 1. The van der Waals surface area contributed by atoms with Gasteiger partial charge in [0.2, 0.25) is 0 Å². The molecule has 3 rings (SSSR count). The van der Waals surface area contributed by atoms with E-state index in [1.807, 2.05) is 6.92 Å². The summed E-state index contributed by atoms with van der Waals surface area (Å²) in [7, 11) is 0. The van der Waals surface area contributed by atoms with E-state index in [2.05, 4.69) is 10.6 Å². The fourth-order valence-corrected chi connectivity index (χ4v) is 2.73. The molecule has 3 aromatic rings. The van der Waals surface area contributed by atoms with Crippen molar-refractivity contribution in [1.82, 2.24) is 0 Å². The number of carbonyl (C=O) groups is 2. The lowest BCUT2D eigenvalue weighted by molar-refractivity contribution is 0.0526. The number of esters is 1. The Balaban J connectivity index is 1.95. The molecule has 144 valence electrons. The molecule has 0 saturated carbocycles. The summed E-state index contributed by atoms with van der Waals surface area (Å²) in [4.78, 5) is 36.9. The molecule has 28 heavy (non-hydrogen) atoms. The van der Waals surface area contributed by atoms with Crippen molar-refractivity contribution in [1.29, 1.82) is 0 Å². The number of benzene rings is 2. The average Bonchev–Trinajstić information content (AvgIpc) is 2.69. The molecule has 7 nitrogen and oxygen atoms in total. The van der Waals surface area contributed by atoms with Crippen molar-refractivity contribution in [2.24, 2.45) is 0 Å². The molecular weight excluding hydrogens is 360 g/mol. The number of anilines is 2. The molecular formula is C21H20N2O5. The minimum Gasteiger partial charge on any atom is -0.462 e. The first kappa shape index (κ1) is 19.2. The number of hydrogen-bond donors (Lipinski definition) is 2. The van der Waals surface area contributed by atoms with E-state index < -0.39 is 11.9 Å². The van der Waals surface area contributed by atoms with Gasteiger partial charge in [-0.2, -0.15) is 0 Å². The van der Waals surface area contributed by atoms with E-state index in [9.17, 15) is 14.4 Å². The Bertz CT molecular complexity index is 1090. The maximum Gasteiger partial charge on any atom is 0.338 e. The van der Waals surface area contributed by atoms with Gasteiger partial charge in [0.15, 0.2) is 11.2 Å². The van der Waals surface area contributed by atoms with Crippen LogP contribution in [-0.4, -0.2) is 25.0 Å². The number of rotatable bonds is 6. The van der Waals surface area contributed by atoms with Gasteiger partial charge >= 0.3 is 5.97 Å². The Morgan fingerprint density at radius 2 is 1.82 bits per heavy atom. The maximum atomic E-state index is 12.7. The quantitative estimate of drug-likeness (QED) is 0.634. The summed E-state index contributed by atoms with van der Waals surface area (Å²) in [6.07, 6.45) is 0. The summed E-state index contributed by atoms with van der Waals surface area (Å²) in [6.45, 7) is 4.49. The first-order chi connectivity index (χ1) is 13.5. The highest BCUT2D eigenvalue weighted by Gasteiger charge is 2.16. The second-order valence-electron chi connectivity index (χ2n) is 5.94. The van der Waals surface area contributed by atoms with E-state index in [0.29, 0.717) is 34.5 Å². The minimum atomic E-state index is -0.594. The number of nitrogens with one attached hydrogen (secondary N) is 2. The first-order valence-electron chi connectivity index (χ1n) is 8.92. The number of amides is 1. The van der Waals surface area contributed by atoms with Crippen LogP contribution in [-0.2, 0) is 4.74 Å². The molecule has 0 aliphatic carbocycles. The van der Waals surface area contributed by atoms with Gasteiger partial charge in [0.25, 0.3) is 5.91 Å².